The Hall–Kier alpha value is -2.72. The summed E-state index contributed by atoms with van der Waals surface area (Å²) in [4.78, 5) is 18.3. The summed E-state index contributed by atoms with van der Waals surface area (Å²) in [5, 5.41) is 14.1. The molecule has 23 heavy (non-hydrogen) atoms. The van der Waals surface area contributed by atoms with Gasteiger partial charge in [-0.25, -0.2) is 22.9 Å². The number of carbonyl (C=O) groups is 1. The molecule has 9 nitrogen and oxygen atoms in total. The average Bonchev–Trinajstić information content (AvgIpc) is 3.11. The lowest BCUT2D eigenvalue weighted by Gasteiger charge is -2.03. The molecule has 0 aliphatic carbocycles. The second-order valence-corrected chi connectivity index (χ2v) is 6.65. The molecule has 1 aromatic carbocycles. The summed E-state index contributed by atoms with van der Waals surface area (Å²) in [6.45, 7) is 1.84. The number of nitrogens with one attached hydrogen (secondary N) is 3. The zero-order chi connectivity index (χ0) is 16.6. The quantitative estimate of drug-likeness (QED) is 0.543. The summed E-state index contributed by atoms with van der Waals surface area (Å²) < 4.78 is 26.6. The molecule has 0 amide bonds. The standard InChI is InChI=1S/C13H13N5O4S/c1-7-2-3-9-10(4-7)17-11(16-9)6-15-23(21,22)12-8(13(19)20)5-14-18-12/h2-5,15H,6H2,1H3,(H,14,18)(H,16,17)(H,19,20). The van der Waals surface area contributed by atoms with Gasteiger partial charge >= 0.3 is 5.97 Å². The van der Waals surface area contributed by atoms with Gasteiger partial charge in [0.1, 0.15) is 11.4 Å². The number of aromatic amines is 2. The van der Waals surface area contributed by atoms with E-state index in [9.17, 15) is 13.2 Å². The molecule has 0 aliphatic heterocycles. The maximum atomic E-state index is 12.2. The van der Waals surface area contributed by atoms with Gasteiger partial charge in [0.25, 0.3) is 10.0 Å². The number of imidazole rings is 1. The van der Waals surface area contributed by atoms with Gasteiger partial charge in [-0.2, -0.15) is 5.10 Å². The molecule has 2 aromatic heterocycles. The van der Waals surface area contributed by atoms with Gasteiger partial charge in [-0.15, -0.1) is 0 Å². The lowest BCUT2D eigenvalue weighted by molar-refractivity contribution is 0.0692. The number of fused-ring (bicyclic) bond motifs is 1. The third-order valence-electron chi connectivity index (χ3n) is 3.22. The van der Waals surface area contributed by atoms with Gasteiger partial charge in [0, 0.05) is 0 Å². The zero-order valence-corrected chi connectivity index (χ0v) is 12.8. The second kappa shape index (κ2) is 5.48. The van der Waals surface area contributed by atoms with E-state index in [0.29, 0.717) is 5.82 Å². The maximum Gasteiger partial charge on any atom is 0.340 e. The fourth-order valence-electron chi connectivity index (χ4n) is 2.13. The minimum atomic E-state index is -4.05. The molecule has 0 aliphatic rings. The smallest absolute Gasteiger partial charge is 0.340 e. The molecule has 120 valence electrons. The number of sulfonamides is 1. The van der Waals surface area contributed by atoms with Crippen molar-refractivity contribution < 1.29 is 18.3 Å². The Morgan fingerprint density at radius 3 is 2.91 bits per heavy atom. The van der Waals surface area contributed by atoms with Gasteiger partial charge in [0.2, 0.25) is 0 Å². The van der Waals surface area contributed by atoms with Crippen LogP contribution in [0.15, 0.2) is 29.4 Å². The predicted octanol–water partition coefficient (Wildman–Crippen LogP) is 0.771. The number of hydrogen-bond donors (Lipinski definition) is 4. The van der Waals surface area contributed by atoms with E-state index in [2.05, 4.69) is 24.9 Å². The Balaban J connectivity index is 1.83. The third kappa shape index (κ3) is 2.94. The molecule has 2 heterocycles. The van der Waals surface area contributed by atoms with E-state index in [1.807, 2.05) is 25.1 Å². The highest BCUT2D eigenvalue weighted by Gasteiger charge is 2.24. The number of nitrogens with zero attached hydrogens (tertiary/aromatic N) is 2. The highest BCUT2D eigenvalue weighted by atomic mass is 32.2. The number of aromatic carboxylic acids is 1. The van der Waals surface area contributed by atoms with Crippen LogP contribution in [0.3, 0.4) is 0 Å². The molecule has 0 radical (unpaired) electrons. The van der Waals surface area contributed by atoms with Crippen molar-refractivity contribution in [2.24, 2.45) is 0 Å². The van der Waals surface area contributed by atoms with Gasteiger partial charge in [-0.05, 0) is 24.6 Å². The lowest BCUT2D eigenvalue weighted by atomic mass is 10.2. The van der Waals surface area contributed by atoms with Gasteiger partial charge < -0.3 is 10.1 Å². The van der Waals surface area contributed by atoms with Gasteiger partial charge in [0.15, 0.2) is 5.03 Å². The van der Waals surface area contributed by atoms with E-state index in [0.717, 1.165) is 22.8 Å². The normalized spacial score (nSPS) is 11.9. The van der Waals surface area contributed by atoms with Crippen molar-refractivity contribution in [3.05, 3.63) is 41.3 Å². The second-order valence-electron chi connectivity index (χ2n) is 4.95. The van der Waals surface area contributed by atoms with Crippen molar-refractivity contribution in [2.75, 3.05) is 0 Å². The number of aryl methyl sites for hydroxylation is 1. The molecule has 3 rings (SSSR count). The molecular weight excluding hydrogens is 322 g/mol. The van der Waals surface area contributed by atoms with Gasteiger partial charge in [0.05, 0.1) is 23.8 Å². The van der Waals surface area contributed by atoms with Crippen LogP contribution in [-0.2, 0) is 16.6 Å². The fourth-order valence-corrected chi connectivity index (χ4v) is 3.20. The number of benzene rings is 1. The van der Waals surface area contributed by atoms with Crippen molar-refractivity contribution in [1.29, 1.82) is 0 Å². The van der Waals surface area contributed by atoms with Gasteiger partial charge in [-0.1, -0.05) is 6.07 Å². The van der Waals surface area contributed by atoms with Gasteiger partial charge in [-0.3, -0.25) is 5.10 Å². The van der Waals surface area contributed by atoms with Crippen molar-refractivity contribution >= 4 is 27.0 Å². The Kier molecular flexibility index (Phi) is 3.62. The van der Waals surface area contributed by atoms with Crippen LogP contribution in [0.2, 0.25) is 0 Å². The van der Waals surface area contributed by atoms with Crippen LogP contribution in [0.1, 0.15) is 21.7 Å². The van der Waals surface area contributed by atoms with E-state index >= 15 is 0 Å². The first kappa shape index (κ1) is 15.2. The fraction of sp³-hybridized carbons (Fsp3) is 0.154. The molecule has 3 aromatic rings. The largest absolute Gasteiger partial charge is 0.478 e. The Morgan fingerprint density at radius 2 is 2.17 bits per heavy atom. The number of carboxylic acids is 1. The molecule has 0 unspecified atom stereocenters. The SMILES string of the molecule is Cc1ccc2nc(CNS(=O)(=O)c3[nH]ncc3C(=O)O)[nH]c2c1. The van der Waals surface area contributed by atoms with Crippen molar-refractivity contribution in [2.45, 2.75) is 18.5 Å². The van der Waals surface area contributed by atoms with E-state index in [4.69, 9.17) is 5.11 Å². The van der Waals surface area contributed by atoms with Crippen LogP contribution in [0.5, 0.6) is 0 Å². The van der Waals surface area contributed by atoms with Crippen LogP contribution in [0.25, 0.3) is 11.0 Å². The van der Waals surface area contributed by atoms with E-state index < -0.39 is 26.6 Å². The maximum absolute atomic E-state index is 12.2. The summed E-state index contributed by atoms with van der Waals surface area (Å²) in [7, 11) is -4.05. The molecule has 0 fully saturated rings. The number of hydrogen-bond acceptors (Lipinski definition) is 5. The molecule has 0 atom stereocenters. The highest BCUT2D eigenvalue weighted by Crippen LogP contribution is 2.15. The van der Waals surface area contributed by atoms with Crippen molar-refractivity contribution in [3.8, 4) is 0 Å². The van der Waals surface area contributed by atoms with Crippen LogP contribution in [0.4, 0.5) is 0 Å². The molecular formula is C13H13N5O4S. The summed E-state index contributed by atoms with van der Waals surface area (Å²) >= 11 is 0. The molecule has 10 heteroatoms. The minimum absolute atomic E-state index is 0.103. The molecule has 4 N–H and O–H groups in total. The number of carboxylic acid groups (broad SMARTS) is 1. The summed E-state index contributed by atoms with van der Waals surface area (Å²) in [6.07, 6.45) is 0.945. The molecule has 0 saturated carbocycles. The monoisotopic (exact) mass is 335 g/mol. The first-order valence-electron chi connectivity index (χ1n) is 6.58. The first-order valence-corrected chi connectivity index (χ1v) is 8.07. The Labute approximate surface area is 130 Å². The Morgan fingerprint density at radius 1 is 1.39 bits per heavy atom. The average molecular weight is 335 g/mol. The Bertz CT molecular complexity index is 989. The highest BCUT2D eigenvalue weighted by molar-refractivity contribution is 7.89. The summed E-state index contributed by atoms with van der Waals surface area (Å²) in [5.41, 5.74) is 2.15. The van der Waals surface area contributed by atoms with Crippen molar-refractivity contribution in [3.63, 3.8) is 0 Å². The molecule has 0 bridgehead atoms. The van der Waals surface area contributed by atoms with Crippen LogP contribution in [-0.4, -0.2) is 39.7 Å². The summed E-state index contributed by atoms with van der Waals surface area (Å²) in [6, 6.07) is 5.63. The topological polar surface area (TPSA) is 141 Å². The predicted molar refractivity (Wildman–Crippen MR) is 80.4 cm³/mol. The third-order valence-corrected chi connectivity index (χ3v) is 4.59. The van der Waals surface area contributed by atoms with Crippen LogP contribution in [0, 0.1) is 6.92 Å². The van der Waals surface area contributed by atoms with Crippen LogP contribution < -0.4 is 4.72 Å². The van der Waals surface area contributed by atoms with Crippen molar-refractivity contribution in [1.82, 2.24) is 24.9 Å². The number of rotatable bonds is 5. The van der Waals surface area contributed by atoms with E-state index in [1.165, 1.54) is 0 Å². The van der Waals surface area contributed by atoms with E-state index in [-0.39, 0.29) is 6.54 Å². The zero-order valence-electron chi connectivity index (χ0n) is 12.0. The minimum Gasteiger partial charge on any atom is -0.478 e. The molecule has 0 spiro atoms. The lowest BCUT2D eigenvalue weighted by Crippen LogP contribution is -2.25. The number of aromatic nitrogens is 4. The van der Waals surface area contributed by atoms with Crippen LogP contribution >= 0.6 is 0 Å². The first-order chi connectivity index (χ1) is 10.9. The molecule has 0 saturated heterocycles. The summed E-state index contributed by atoms with van der Waals surface area (Å²) in [5.74, 6) is -0.955. The van der Waals surface area contributed by atoms with E-state index in [1.54, 1.807) is 0 Å². The number of H-pyrrole nitrogens is 2.